The highest BCUT2D eigenvalue weighted by atomic mass is 79.9. The van der Waals surface area contributed by atoms with E-state index in [0.29, 0.717) is 18.2 Å². The highest BCUT2D eigenvalue weighted by molar-refractivity contribution is 9.10. The summed E-state index contributed by atoms with van der Waals surface area (Å²) in [7, 11) is 0. The summed E-state index contributed by atoms with van der Waals surface area (Å²) in [4.78, 5) is 0. The summed E-state index contributed by atoms with van der Waals surface area (Å²) < 4.78 is 6.18. The largest absolute Gasteiger partial charge is 0.380 e. The van der Waals surface area contributed by atoms with Gasteiger partial charge in [-0.1, -0.05) is 27.5 Å². The van der Waals surface area contributed by atoms with Crippen LogP contribution in [0, 0.1) is 0 Å². The lowest BCUT2D eigenvalue weighted by molar-refractivity contribution is 0.133. The first-order chi connectivity index (χ1) is 6.63. The third kappa shape index (κ3) is 3.58. The first-order valence-corrected chi connectivity index (χ1v) is 5.60. The van der Waals surface area contributed by atoms with Crippen molar-refractivity contribution in [2.45, 2.75) is 13.0 Å². The lowest BCUT2D eigenvalue weighted by atomic mass is 10.1. The Bertz CT molecular complexity index is 286. The number of benzene rings is 1. The molecule has 2 N–H and O–H groups in total. The molecule has 1 aromatic carbocycles. The molecule has 0 aliphatic carbocycles. The van der Waals surface area contributed by atoms with Crippen LogP contribution in [0.25, 0.3) is 0 Å². The van der Waals surface area contributed by atoms with Crippen molar-refractivity contribution in [1.29, 1.82) is 0 Å². The van der Waals surface area contributed by atoms with E-state index in [-0.39, 0.29) is 6.04 Å². The predicted molar refractivity (Wildman–Crippen MR) is 62.6 cm³/mol. The molecule has 0 aromatic heterocycles. The molecule has 0 radical (unpaired) electrons. The van der Waals surface area contributed by atoms with Crippen LogP contribution in [-0.2, 0) is 4.74 Å². The molecule has 78 valence electrons. The molecule has 0 fully saturated rings. The minimum absolute atomic E-state index is 0.120. The second kappa shape index (κ2) is 5.71. The van der Waals surface area contributed by atoms with Crippen LogP contribution in [-0.4, -0.2) is 13.2 Å². The van der Waals surface area contributed by atoms with E-state index in [1.54, 1.807) is 0 Å². The zero-order valence-corrected chi connectivity index (χ0v) is 10.3. The van der Waals surface area contributed by atoms with Crippen molar-refractivity contribution in [3.8, 4) is 0 Å². The van der Waals surface area contributed by atoms with Crippen LogP contribution in [0.4, 0.5) is 0 Å². The SMILES string of the molecule is CCOCC(N)c1cc(Cl)cc(Br)c1. The van der Waals surface area contributed by atoms with E-state index in [1.807, 2.05) is 25.1 Å². The fourth-order valence-corrected chi connectivity index (χ4v) is 2.02. The lowest BCUT2D eigenvalue weighted by Crippen LogP contribution is -2.17. The summed E-state index contributed by atoms with van der Waals surface area (Å²) in [6.07, 6.45) is 0. The van der Waals surface area contributed by atoms with Gasteiger partial charge < -0.3 is 10.5 Å². The van der Waals surface area contributed by atoms with Gasteiger partial charge in [0, 0.05) is 16.1 Å². The van der Waals surface area contributed by atoms with E-state index in [0.717, 1.165) is 10.0 Å². The van der Waals surface area contributed by atoms with Crippen molar-refractivity contribution in [3.63, 3.8) is 0 Å². The molecule has 1 aromatic rings. The first-order valence-electron chi connectivity index (χ1n) is 4.42. The number of halogens is 2. The normalized spacial score (nSPS) is 12.9. The number of nitrogens with two attached hydrogens (primary N) is 1. The molecule has 0 saturated heterocycles. The molecule has 1 rings (SSSR count). The van der Waals surface area contributed by atoms with Crippen molar-refractivity contribution < 1.29 is 4.74 Å². The van der Waals surface area contributed by atoms with E-state index in [9.17, 15) is 0 Å². The number of hydrogen-bond acceptors (Lipinski definition) is 2. The summed E-state index contributed by atoms with van der Waals surface area (Å²) >= 11 is 9.27. The topological polar surface area (TPSA) is 35.2 Å². The molecule has 0 bridgehead atoms. The summed E-state index contributed by atoms with van der Waals surface area (Å²) in [5.74, 6) is 0. The van der Waals surface area contributed by atoms with Gasteiger partial charge in [0.05, 0.1) is 12.6 Å². The Morgan fingerprint density at radius 2 is 2.21 bits per heavy atom. The molecule has 0 aliphatic rings. The van der Waals surface area contributed by atoms with E-state index in [2.05, 4.69) is 15.9 Å². The zero-order valence-electron chi connectivity index (χ0n) is 7.97. The number of hydrogen-bond donors (Lipinski definition) is 1. The predicted octanol–water partition coefficient (Wildman–Crippen LogP) is 3.14. The Balaban J connectivity index is 2.73. The third-order valence-corrected chi connectivity index (χ3v) is 2.49. The second-order valence-corrected chi connectivity index (χ2v) is 4.32. The monoisotopic (exact) mass is 277 g/mol. The number of rotatable bonds is 4. The molecule has 0 spiro atoms. The van der Waals surface area contributed by atoms with Gasteiger partial charge in [0.15, 0.2) is 0 Å². The van der Waals surface area contributed by atoms with Gasteiger partial charge in [0.2, 0.25) is 0 Å². The molecule has 4 heteroatoms. The quantitative estimate of drug-likeness (QED) is 0.918. The van der Waals surface area contributed by atoms with Gasteiger partial charge in [0.1, 0.15) is 0 Å². The Morgan fingerprint density at radius 1 is 1.50 bits per heavy atom. The maximum atomic E-state index is 5.91. The van der Waals surface area contributed by atoms with Crippen LogP contribution >= 0.6 is 27.5 Å². The molecule has 0 aliphatic heterocycles. The molecule has 0 heterocycles. The van der Waals surface area contributed by atoms with E-state index < -0.39 is 0 Å². The minimum atomic E-state index is -0.120. The van der Waals surface area contributed by atoms with Gasteiger partial charge in [-0.25, -0.2) is 0 Å². The Morgan fingerprint density at radius 3 is 2.79 bits per heavy atom. The van der Waals surface area contributed by atoms with Crippen LogP contribution < -0.4 is 5.73 Å². The summed E-state index contributed by atoms with van der Waals surface area (Å²) in [5, 5.41) is 0.682. The average molecular weight is 279 g/mol. The maximum Gasteiger partial charge on any atom is 0.0659 e. The van der Waals surface area contributed by atoms with Gasteiger partial charge >= 0.3 is 0 Å². The zero-order chi connectivity index (χ0) is 10.6. The lowest BCUT2D eigenvalue weighted by Gasteiger charge is -2.12. The minimum Gasteiger partial charge on any atom is -0.380 e. The molecule has 1 unspecified atom stereocenters. The van der Waals surface area contributed by atoms with E-state index in [1.165, 1.54) is 0 Å². The summed E-state index contributed by atoms with van der Waals surface area (Å²) in [5.41, 5.74) is 6.90. The van der Waals surface area contributed by atoms with Gasteiger partial charge in [-0.3, -0.25) is 0 Å². The van der Waals surface area contributed by atoms with Gasteiger partial charge in [-0.15, -0.1) is 0 Å². The average Bonchev–Trinajstić information content (AvgIpc) is 2.12. The number of ether oxygens (including phenoxy) is 1. The molecule has 1 atom stereocenters. The van der Waals surface area contributed by atoms with Gasteiger partial charge in [0.25, 0.3) is 0 Å². The van der Waals surface area contributed by atoms with Crippen molar-refractivity contribution >= 4 is 27.5 Å². The maximum absolute atomic E-state index is 5.91. The Kier molecular flexibility index (Phi) is 4.89. The van der Waals surface area contributed by atoms with Crippen LogP contribution in [0.2, 0.25) is 5.02 Å². The summed E-state index contributed by atoms with van der Waals surface area (Å²) in [6.45, 7) is 3.14. The van der Waals surface area contributed by atoms with Crippen molar-refractivity contribution in [3.05, 3.63) is 33.3 Å². The molecule has 2 nitrogen and oxygen atoms in total. The molecule has 14 heavy (non-hydrogen) atoms. The first kappa shape index (κ1) is 12.0. The van der Waals surface area contributed by atoms with E-state index >= 15 is 0 Å². The van der Waals surface area contributed by atoms with Crippen molar-refractivity contribution in [2.24, 2.45) is 5.73 Å². The van der Waals surface area contributed by atoms with Crippen molar-refractivity contribution in [1.82, 2.24) is 0 Å². The highest BCUT2D eigenvalue weighted by Gasteiger charge is 2.07. The van der Waals surface area contributed by atoms with Crippen LogP contribution in [0.15, 0.2) is 22.7 Å². The smallest absolute Gasteiger partial charge is 0.0659 e. The second-order valence-electron chi connectivity index (χ2n) is 2.97. The fraction of sp³-hybridized carbons (Fsp3) is 0.400. The van der Waals surface area contributed by atoms with Crippen LogP contribution in [0.5, 0.6) is 0 Å². The van der Waals surface area contributed by atoms with Crippen molar-refractivity contribution in [2.75, 3.05) is 13.2 Å². The molecule has 0 saturated carbocycles. The molecule has 0 amide bonds. The van der Waals surface area contributed by atoms with Crippen LogP contribution in [0.3, 0.4) is 0 Å². The fourth-order valence-electron chi connectivity index (χ4n) is 1.13. The Labute approximate surface area is 97.5 Å². The van der Waals surface area contributed by atoms with Gasteiger partial charge in [-0.2, -0.15) is 0 Å². The third-order valence-electron chi connectivity index (χ3n) is 1.81. The van der Waals surface area contributed by atoms with Gasteiger partial charge in [-0.05, 0) is 30.7 Å². The van der Waals surface area contributed by atoms with E-state index in [4.69, 9.17) is 22.1 Å². The Hall–Kier alpha value is -0.0900. The standard InChI is InChI=1S/C10H13BrClNO/c1-2-14-6-10(13)7-3-8(11)5-9(12)4-7/h3-5,10H,2,6,13H2,1H3. The molecular formula is C10H13BrClNO. The highest BCUT2D eigenvalue weighted by Crippen LogP contribution is 2.22. The van der Waals surface area contributed by atoms with Crippen LogP contribution in [0.1, 0.15) is 18.5 Å². The molecular weight excluding hydrogens is 265 g/mol. The summed E-state index contributed by atoms with van der Waals surface area (Å²) in [6, 6.07) is 5.52.